The molecule has 30 heavy (non-hydrogen) atoms. The van der Waals surface area contributed by atoms with Crippen molar-refractivity contribution in [2.45, 2.75) is 38.3 Å². The Morgan fingerprint density at radius 1 is 0.867 bits per heavy atom. The molecule has 0 spiro atoms. The van der Waals surface area contributed by atoms with Crippen molar-refractivity contribution >= 4 is 11.8 Å². The van der Waals surface area contributed by atoms with Crippen LogP contribution in [0.4, 0.5) is 0 Å². The molecule has 4 rings (SSSR count). The van der Waals surface area contributed by atoms with Gasteiger partial charge in [-0.15, -0.1) is 10.2 Å². The van der Waals surface area contributed by atoms with E-state index in [0.717, 1.165) is 47.3 Å². The Kier molecular flexibility index (Phi) is 6.54. The standard InChI is InChI=1S/C24H25N5S/c1-3-18-9-7-10-19(4-2)22(18)29-23(20-11-8-14-25-17-20)27-28-24(29)30-16-13-21-12-5-6-15-26-21/h5-12,14-15,17H,3-4,13,16H2,1-2H3. The van der Waals surface area contributed by atoms with Crippen LogP contribution in [0.5, 0.6) is 0 Å². The first-order chi connectivity index (χ1) is 14.8. The minimum atomic E-state index is 0.832. The van der Waals surface area contributed by atoms with Gasteiger partial charge in [0.05, 0.1) is 5.69 Å². The van der Waals surface area contributed by atoms with Gasteiger partial charge in [0, 0.05) is 35.6 Å². The first-order valence-corrected chi connectivity index (χ1v) is 11.3. The first kappa shape index (κ1) is 20.3. The van der Waals surface area contributed by atoms with Gasteiger partial charge < -0.3 is 0 Å². The largest absolute Gasteiger partial charge is 0.269 e. The number of para-hydroxylation sites is 1. The summed E-state index contributed by atoms with van der Waals surface area (Å²) in [7, 11) is 0. The van der Waals surface area contributed by atoms with E-state index < -0.39 is 0 Å². The Labute approximate surface area is 181 Å². The van der Waals surface area contributed by atoms with Crippen LogP contribution in [0.15, 0.2) is 72.3 Å². The Morgan fingerprint density at radius 2 is 1.70 bits per heavy atom. The van der Waals surface area contributed by atoms with Gasteiger partial charge in [-0.25, -0.2) is 0 Å². The smallest absolute Gasteiger partial charge is 0.196 e. The number of nitrogens with zero attached hydrogens (tertiary/aromatic N) is 5. The average Bonchev–Trinajstić information content (AvgIpc) is 3.23. The molecule has 5 nitrogen and oxygen atoms in total. The van der Waals surface area contributed by atoms with E-state index >= 15 is 0 Å². The molecule has 3 aromatic heterocycles. The second kappa shape index (κ2) is 9.67. The third-order valence-electron chi connectivity index (χ3n) is 5.06. The first-order valence-electron chi connectivity index (χ1n) is 10.3. The number of aryl methyl sites for hydroxylation is 3. The number of aromatic nitrogens is 5. The van der Waals surface area contributed by atoms with E-state index in [4.69, 9.17) is 0 Å². The van der Waals surface area contributed by atoms with Gasteiger partial charge in [-0.05, 0) is 54.7 Å². The van der Waals surface area contributed by atoms with E-state index in [0.29, 0.717) is 0 Å². The molecule has 0 unspecified atom stereocenters. The molecule has 6 heteroatoms. The normalized spacial score (nSPS) is 11.0. The minimum Gasteiger partial charge on any atom is -0.269 e. The topological polar surface area (TPSA) is 56.5 Å². The fraction of sp³-hybridized carbons (Fsp3) is 0.250. The molecule has 0 aliphatic heterocycles. The molecule has 1 aromatic carbocycles. The summed E-state index contributed by atoms with van der Waals surface area (Å²) in [5, 5.41) is 10.1. The summed E-state index contributed by atoms with van der Waals surface area (Å²) in [6, 6.07) is 16.6. The molecule has 0 fully saturated rings. The van der Waals surface area contributed by atoms with Crippen molar-refractivity contribution in [1.82, 2.24) is 24.7 Å². The summed E-state index contributed by atoms with van der Waals surface area (Å²) in [5.74, 6) is 1.72. The average molecular weight is 416 g/mol. The quantitative estimate of drug-likeness (QED) is 0.371. The highest BCUT2D eigenvalue weighted by molar-refractivity contribution is 7.99. The fourth-order valence-corrected chi connectivity index (χ4v) is 4.44. The van der Waals surface area contributed by atoms with E-state index in [-0.39, 0.29) is 0 Å². The second-order valence-corrected chi connectivity index (χ2v) is 8.00. The molecular formula is C24H25N5S. The van der Waals surface area contributed by atoms with Gasteiger partial charge in [0.1, 0.15) is 0 Å². The van der Waals surface area contributed by atoms with Gasteiger partial charge in [0.2, 0.25) is 0 Å². The second-order valence-electron chi connectivity index (χ2n) is 6.93. The van der Waals surface area contributed by atoms with Crippen LogP contribution in [0.3, 0.4) is 0 Å². The van der Waals surface area contributed by atoms with Gasteiger partial charge in [-0.2, -0.15) is 0 Å². The Morgan fingerprint density at radius 3 is 2.37 bits per heavy atom. The zero-order valence-corrected chi connectivity index (χ0v) is 18.1. The molecule has 3 heterocycles. The molecule has 0 bridgehead atoms. The predicted octanol–water partition coefficient (Wildman–Crippen LogP) is 5.18. The molecule has 0 radical (unpaired) electrons. The van der Waals surface area contributed by atoms with Crippen LogP contribution in [-0.4, -0.2) is 30.5 Å². The van der Waals surface area contributed by atoms with Crippen LogP contribution < -0.4 is 0 Å². The SMILES string of the molecule is CCc1cccc(CC)c1-n1c(SCCc2ccccn2)nnc1-c1cccnc1. The number of rotatable bonds is 8. The summed E-state index contributed by atoms with van der Waals surface area (Å²) in [6.07, 6.45) is 8.26. The van der Waals surface area contributed by atoms with E-state index in [2.05, 4.69) is 62.8 Å². The number of pyridine rings is 2. The molecule has 0 atom stereocenters. The highest BCUT2D eigenvalue weighted by Gasteiger charge is 2.20. The third-order valence-corrected chi connectivity index (χ3v) is 5.99. The lowest BCUT2D eigenvalue weighted by molar-refractivity contribution is 0.856. The predicted molar refractivity (Wildman–Crippen MR) is 122 cm³/mol. The maximum atomic E-state index is 4.58. The maximum Gasteiger partial charge on any atom is 0.196 e. The molecule has 0 N–H and O–H groups in total. The molecule has 4 aromatic rings. The van der Waals surface area contributed by atoms with Gasteiger partial charge in [0.25, 0.3) is 0 Å². The number of benzene rings is 1. The van der Waals surface area contributed by atoms with E-state index in [1.54, 1.807) is 18.0 Å². The molecule has 0 amide bonds. The van der Waals surface area contributed by atoms with Gasteiger partial charge >= 0.3 is 0 Å². The monoisotopic (exact) mass is 415 g/mol. The van der Waals surface area contributed by atoms with Crippen molar-refractivity contribution in [1.29, 1.82) is 0 Å². The fourth-order valence-electron chi connectivity index (χ4n) is 3.54. The van der Waals surface area contributed by atoms with Crippen molar-refractivity contribution in [2.24, 2.45) is 0 Å². The summed E-state index contributed by atoms with van der Waals surface area (Å²) in [5.41, 5.74) is 5.85. The van der Waals surface area contributed by atoms with Crippen LogP contribution in [0, 0.1) is 0 Å². The Bertz CT molecular complexity index is 1070. The van der Waals surface area contributed by atoms with E-state index in [1.807, 2.05) is 36.7 Å². The Balaban J connectivity index is 1.76. The maximum absolute atomic E-state index is 4.58. The molecule has 152 valence electrons. The molecule has 0 aliphatic rings. The molecular weight excluding hydrogens is 390 g/mol. The third kappa shape index (κ3) is 4.28. The van der Waals surface area contributed by atoms with E-state index in [1.165, 1.54) is 16.8 Å². The summed E-state index contributed by atoms with van der Waals surface area (Å²) < 4.78 is 2.22. The number of thioether (sulfide) groups is 1. The lowest BCUT2D eigenvalue weighted by Gasteiger charge is -2.18. The van der Waals surface area contributed by atoms with Crippen molar-refractivity contribution in [3.8, 4) is 17.1 Å². The van der Waals surface area contributed by atoms with Crippen LogP contribution in [0.2, 0.25) is 0 Å². The van der Waals surface area contributed by atoms with Crippen LogP contribution >= 0.6 is 11.8 Å². The number of hydrogen-bond donors (Lipinski definition) is 0. The summed E-state index contributed by atoms with van der Waals surface area (Å²) >= 11 is 1.72. The zero-order chi connectivity index (χ0) is 20.8. The summed E-state index contributed by atoms with van der Waals surface area (Å²) in [6.45, 7) is 4.39. The van der Waals surface area contributed by atoms with Crippen LogP contribution in [-0.2, 0) is 19.3 Å². The van der Waals surface area contributed by atoms with E-state index in [9.17, 15) is 0 Å². The minimum absolute atomic E-state index is 0.832. The Hall–Kier alpha value is -2.99. The van der Waals surface area contributed by atoms with Crippen molar-refractivity contribution in [3.63, 3.8) is 0 Å². The molecule has 0 saturated heterocycles. The lowest BCUT2D eigenvalue weighted by atomic mass is 10.0. The van der Waals surface area contributed by atoms with Crippen LogP contribution in [0.1, 0.15) is 30.7 Å². The van der Waals surface area contributed by atoms with Crippen LogP contribution in [0.25, 0.3) is 17.1 Å². The van der Waals surface area contributed by atoms with Gasteiger partial charge in [-0.3, -0.25) is 14.5 Å². The lowest BCUT2D eigenvalue weighted by Crippen LogP contribution is -2.07. The van der Waals surface area contributed by atoms with Gasteiger partial charge in [0.15, 0.2) is 11.0 Å². The van der Waals surface area contributed by atoms with Crippen molar-refractivity contribution in [2.75, 3.05) is 5.75 Å². The number of hydrogen-bond acceptors (Lipinski definition) is 5. The molecule has 0 aliphatic carbocycles. The van der Waals surface area contributed by atoms with Crippen molar-refractivity contribution in [3.05, 3.63) is 83.9 Å². The highest BCUT2D eigenvalue weighted by Crippen LogP contribution is 2.32. The van der Waals surface area contributed by atoms with Gasteiger partial charge in [-0.1, -0.05) is 49.9 Å². The highest BCUT2D eigenvalue weighted by atomic mass is 32.2. The van der Waals surface area contributed by atoms with Crippen molar-refractivity contribution < 1.29 is 0 Å². The molecule has 0 saturated carbocycles. The summed E-state index contributed by atoms with van der Waals surface area (Å²) in [4.78, 5) is 8.73. The zero-order valence-electron chi connectivity index (χ0n) is 17.3.